The Morgan fingerprint density at radius 2 is 1.67 bits per heavy atom. The molecule has 1 fully saturated rings. The Hall–Kier alpha value is 0.790. The summed E-state index contributed by atoms with van der Waals surface area (Å²) >= 11 is 11.6. The van der Waals surface area contributed by atoms with Gasteiger partial charge in [0.1, 0.15) is 0 Å². The summed E-state index contributed by atoms with van der Waals surface area (Å²) in [6.07, 6.45) is 3.77. The van der Waals surface area contributed by atoms with Crippen LogP contribution in [0.1, 0.15) is 33.1 Å². The van der Waals surface area contributed by atoms with E-state index in [4.69, 9.17) is 23.6 Å². The molecule has 0 N–H and O–H groups in total. The van der Waals surface area contributed by atoms with Crippen LogP contribution in [0.4, 0.5) is 0 Å². The zero-order valence-corrected chi connectivity index (χ0v) is 12.0. The molecule has 0 radical (unpaired) electrons. The van der Waals surface area contributed by atoms with Crippen LogP contribution in [-0.4, -0.2) is 40.6 Å². The van der Waals surface area contributed by atoms with Gasteiger partial charge in [0, 0.05) is 19.3 Å². The summed E-state index contributed by atoms with van der Waals surface area (Å²) < 4.78 is 2.47. The summed E-state index contributed by atoms with van der Waals surface area (Å²) in [5.41, 5.74) is -0.118. The van der Waals surface area contributed by atoms with Gasteiger partial charge in [-0.05, 0) is 37.4 Å². The van der Waals surface area contributed by atoms with Crippen LogP contribution < -0.4 is 12.4 Å². The fraction of sp³-hybridized carbons (Fsp3) is 1.00. The summed E-state index contributed by atoms with van der Waals surface area (Å²) in [4.78, 5) is 0. The molecule has 0 aromatic heterocycles. The fourth-order valence-corrected chi connectivity index (χ4v) is 2.12. The fourth-order valence-electron chi connectivity index (χ4n) is 1.95. The van der Waals surface area contributed by atoms with Gasteiger partial charge in [0.2, 0.25) is 0 Å². The molecule has 0 saturated carbocycles. The first-order valence-electron chi connectivity index (χ1n) is 5.31. The highest BCUT2D eigenvalue weighted by Gasteiger charge is 2.32. The number of nitrogens with zero attached hydrogens (tertiary/aromatic N) is 2. The lowest BCUT2D eigenvalue weighted by Crippen LogP contribution is -3.00. The maximum absolute atomic E-state index is 5.79. The van der Waals surface area contributed by atoms with Crippen LogP contribution in [0.15, 0.2) is 0 Å². The third kappa shape index (κ3) is 4.66. The van der Waals surface area contributed by atoms with Gasteiger partial charge in [-0.15, -0.1) is 3.94 Å². The molecule has 0 atom stereocenters. The molecule has 0 aromatic carbocycles. The largest absolute Gasteiger partial charge is 1.00 e. The first-order chi connectivity index (χ1) is 6.36. The van der Waals surface area contributed by atoms with Crippen LogP contribution in [0.25, 0.3) is 0 Å². The van der Waals surface area contributed by atoms with E-state index in [-0.39, 0.29) is 17.9 Å². The predicted octanol–water partition coefficient (Wildman–Crippen LogP) is 0.00910. The smallest absolute Gasteiger partial charge is 0.0803 e. The van der Waals surface area contributed by atoms with E-state index in [0.29, 0.717) is 0 Å². The first kappa shape index (κ1) is 15.8. The molecule has 0 aromatic rings. The van der Waals surface area contributed by atoms with Gasteiger partial charge in [-0.2, -0.15) is 0 Å². The molecule has 1 saturated heterocycles. The van der Waals surface area contributed by atoms with E-state index in [0.717, 1.165) is 6.42 Å². The lowest BCUT2D eigenvalue weighted by molar-refractivity contribution is -0.898. The zero-order chi connectivity index (χ0) is 10.8. The summed E-state index contributed by atoms with van der Waals surface area (Å²) in [7, 11) is 2.33. The highest BCUT2D eigenvalue weighted by molar-refractivity contribution is 6.34. The molecule has 0 bridgehead atoms. The summed E-state index contributed by atoms with van der Waals surface area (Å²) in [5, 5.41) is 0. The monoisotopic (exact) mass is 274 g/mol. The van der Waals surface area contributed by atoms with E-state index in [9.17, 15) is 0 Å². The molecule has 92 valence electrons. The average molecular weight is 276 g/mol. The predicted molar refractivity (Wildman–Crippen MR) is 62.3 cm³/mol. The molecule has 1 heterocycles. The number of hydrogen-bond donors (Lipinski definition) is 0. The van der Waals surface area contributed by atoms with E-state index in [1.54, 1.807) is 0 Å². The normalized spacial score (nSPS) is 20.4. The van der Waals surface area contributed by atoms with Crippen LogP contribution in [0.3, 0.4) is 0 Å². The zero-order valence-electron chi connectivity index (χ0n) is 9.77. The van der Waals surface area contributed by atoms with Crippen molar-refractivity contribution in [3.05, 3.63) is 0 Å². The second-order valence-electron chi connectivity index (χ2n) is 5.29. The Morgan fingerprint density at radius 1 is 1.20 bits per heavy atom. The molecule has 5 heteroatoms. The minimum absolute atomic E-state index is 0. The first-order valence-corrected chi connectivity index (χ1v) is 5.99. The maximum Gasteiger partial charge on any atom is 0.0803 e. The minimum atomic E-state index is -0.118. The molecular formula is C10H21Cl3N2. The third-order valence-electron chi connectivity index (χ3n) is 3.37. The van der Waals surface area contributed by atoms with E-state index >= 15 is 0 Å². The average Bonchev–Trinajstić information content (AvgIpc) is 2.50. The third-order valence-corrected chi connectivity index (χ3v) is 4.28. The van der Waals surface area contributed by atoms with Gasteiger partial charge in [0.15, 0.2) is 0 Å². The van der Waals surface area contributed by atoms with Crippen molar-refractivity contribution in [2.45, 2.75) is 38.6 Å². The molecule has 0 amide bonds. The SMILES string of the molecule is CC(C)(CC[N+]1(C)CCCC1)N(Cl)Cl.[Cl-]. The van der Waals surface area contributed by atoms with Gasteiger partial charge in [0.25, 0.3) is 0 Å². The van der Waals surface area contributed by atoms with E-state index in [2.05, 4.69) is 20.9 Å². The van der Waals surface area contributed by atoms with E-state index in [1.807, 2.05) is 0 Å². The Morgan fingerprint density at radius 3 is 2.07 bits per heavy atom. The van der Waals surface area contributed by atoms with Gasteiger partial charge < -0.3 is 16.9 Å². The molecule has 1 aliphatic heterocycles. The van der Waals surface area contributed by atoms with Crippen molar-refractivity contribution in [3.63, 3.8) is 0 Å². The molecule has 1 aliphatic rings. The van der Waals surface area contributed by atoms with Crippen LogP contribution in [0, 0.1) is 0 Å². The van der Waals surface area contributed by atoms with Crippen molar-refractivity contribution in [2.24, 2.45) is 0 Å². The molecule has 1 rings (SSSR count). The quantitative estimate of drug-likeness (QED) is 0.516. The molecular weight excluding hydrogens is 254 g/mol. The molecule has 15 heavy (non-hydrogen) atoms. The second kappa shape index (κ2) is 5.92. The lowest BCUT2D eigenvalue weighted by Gasteiger charge is -2.34. The summed E-state index contributed by atoms with van der Waals surface area (Å²) in [5.74, 6) is 0. The minimum Gasteiger partial charge on any atom is -1.00 e. The summed E-state index contributed by atoms with van der Waals surface area (Å²) in [6, 6.07) is 0. The standard InChI is InChI=1S/C10H21Cl2N2.ClH/c1-10(2,13(11)12)6-9-14(3)7-4-5-8-14;/h4-9H2,1-3H3;1H/q+1;/p-1. The maximum atomic E-state index is 5.79. The molecule has 0 aliphatic carbocycles. The number of hydrogen-bond acceptors (Lipinski definition) is 1. The Kier molecular flexibility index (Phi) is 6.24. The van der Waals surface area contributed by atoms with Crippen molar-refractivity contribution in [2.75, 3.05) is 26.7 Å². The Balaban J connectivity index is 0.00000196. The number of likely N-dealkylation sites (tertiary alicyclic amines) is 1. The number of halogens is 3. The van der Waals surface area contributed by atoms with Crippen LogP contribution in [0.5, 0.6) is 0 Å². The molecule has 0 spiro atoms. The van der Waals surface area contributed by atoms with Crippen LogP contribution >= 0.6 is 23.6 Å². The van der Waals surface area contributed by atoms with Crippen molar-refractivity contribution in [3.8, 4) is 0 Å². The highest BCUT2D eigenvalue weighted by atomic mass is 35.5. The lowest BCUT2D eigenvalue weighted by atomic mass is 10.0. The van der Waals surface area contributed by atoms with Crippen molar-refractivity contribution in [1.82, 2.24) is 3.94 Å². The summed E-state index contributed by atoms with van der Waals surface area (Å²) in [6.45, 7) is 7.94. The van der Waals surface area contributed by atoms with E-state index in [1.165, 1.54) is 40.9 Å². The molecule has 2 nitrogen and oxygen atoms in total. The van der Waals surface area contributed by atoms with Gasteiger partial charge in [-0.1, -0.05) is 0 Å². The highest BCUT2D eigenvalue weighted by Crippen LogP contribution is 2.26. The van der Waals surface area contributed by atoms with Crippen molar-refractivity contribution >= 4 is 23.6 Å². The van der Waals surface area contributed by atoms with Crippen LogP contribution in [0.2, 0.25) is 0 Å². The van der Waals surface area contributed by atoms with Crippen LogP contribution in [-0.2, 0) is 0 Å². The van der Waals surface area contributed by atoms with Gasteiger partial charge >= 0.3 is 0 Å². The number of rotatable bonds is 4. The van der Waals surface area contributed by atoms with E-state index < -0.39 is 0 Å². The second-order valence-corrected chi connectivity index (χ2v) is 6.14. The van der Waals surface area contributed by atoms with Gasteiger partial charge in [-0.25, -0.2) is 0 Å². The Labute approximate surface area is 110 Å². The Bertz CT molecular complexity index is 184. The van der Waals surface area contributed by atoms with Gasteiger partial charge in [0.05, 0.1) is 32.2 Å². The van der Waals surface area contributed by atoms with Gasteiger partial charge in [-0.3, -0.25) is 0 Å². The van der Waals surface area contributed by atoms with Crippen molar-refractivity contribution < 1.29 is 16.9 Å². The van der Waals surface area contributed by atoms with Crippen molar-refractivity contribution in [1.29, 1.82) is 0 Å². The number of quaternary nitrogens is 1. The molecule has 0 unspecified atom stereocenters. The topological polar surface area (TPSA) is 3.24 Å².